The highest BCUT2D eigenvalue weighted by atomic mass is 16.1. The van der Waals surface area contributed by atoms with Gasteiger partial charge in [-0.25, -0.2) is 4.98 Å². The predicted molar refractivity (Wildman–Crippen MR) is 63.2 cm³/mol. The molecule has 3 aromatic rings. The van der Waals surface area contributed by atoms with E-state index in [4.69, 9.17) is 0 Å². The molecule has 4 heteroatoms. The lowest BCUT2D eigenvalue weighted by atomic mass is 9.88. The number of nitrogens with zero attached hydrogens (tertiary/aromatic N) is 2. The molecule has 0 aromatic carbocycles. The molecule has 0 aliphatic rings. The molecule has 0 bridgehead atoms. The minimum absolute atomic E-state index is 0.0236. The van der Waals surface area contributed by atoms with E-state index < -0.39 is 0 Å². The topological polar surface area (TPSA) is 50.2 Å². The van der Waals surface area contributed by atoms with E-state index >= 15 is 0 Å². The summed E-state index contributed by atoms with van der Waals surface area (Å²) >= 11 is 0. The predicted octanol–water partition coefficient (Wildman–Crippen LogP) is 1.91. The highest BCUT2D eigenvalue weighted by Crippen LogP contribution is 2.27. The number of pyridine rings is 1. The second kappa shape index (κ2) is 2.64. The summed E-state index contributed by atoms with van der Waals surface area (Å²) in [5, 5.41) is 0. The summed E-state index contributed by atoms with van der Waals surface area (Å²) in [6, 6.07) is 3.97. The standard InChI is InChI=1S/C12H13N3O/c1-12(2,3)7-4-5-9-14-11(16)8-6-13-10(7)15(8)9/h4-6H,1-3H3,(H,14,16). The van der Waals surface area contributed by atoms with Crippen molar-refractivity contribution in [1.82, 2.24) is 14.4 Å². The maximum atomic E-state index is 11.6. The molecule has 0 amide bonds. The molecule has 0 fully saturated rings. The van der Waals surface area contributed by atoms with Gasteiger partial charge in [-0.05, 0) is 11.5 Å². The van der Waals surface area contributed by atoms with Crippen LogP contribution in [0.5, 0.6) is 0 Å². The second-order valence-corrected chi connectivity index (χ2v) is 5.14. The molecule has 16 heavy (non-hydrogen) atoms. The van der Waals surface area contributed by atoms with Crippen molar-refractivity contribution in [1.29, 1.82) is 0 Å². The van der Waals surface area contributed by atoms with Crippen LogP contribution in [0.1, 0.15) is 26.3 Å². The Morgan fingerprint density at radius 1 is 1.31 bits per heavy atom. The molecule has 0 saturated carbocycles. The number of nitrogens with one attached hydrogen (secondary N) is 1. The Hall–Kier alpha value is -1.84. The highest BCUT2D eigenvalue weighted by Gasteiger charge is 2.20. The molecule has 0 unspecified atom stereocenters. The zero-order valence-electron chi connectivity index (χ0n) is 9.53. The van der Waals surface area contributed by atoms with E-state index in [9.17, 15) is 4.79 Å². The average Bonchev–Trinajstić information content (AvgIpc) is 2.72. The van der Waals surface area contributed by atoms with Gasteiger partial charge in [-0.15, -0.1) is 0 Å². The Bertz CT molecular complexity index is 715. The molecule has 1 N–H and O–H groups in total. The van der Waals surface area contributed by atoms with Crippen molar-refractivity contribution in [3.05, 3.63) is 34.2 Å². The van der Waals surface area contributed by atoms with E-state index in [-0.39, 0.29) is 11.0 Å². The van der Waals surface area contributed by atoms with Crippen LogP contribution in [0.4, 0.5) is 0 Å². The van der Waals surface area contributed by atoms with Crippen LogP contribution in [0.2, 0.25) is 0 Å². The summed E-state index contributed by atoms with van der Waals surface area (Å²) in [4.78, 5) is 18.8. The van der Waals surface area contributed by atoms with Crippen molar-refractivity contribution in [2.45, 2.75) is 26.2 Å². The molecule has 0 atom stereocenters. The van der Waals surface area contributed by atoms with E-state index in [0.29, 0.717) is 5.52 Å². The lowest BCUT2D eigenvalue weighted by Gasteiger charge is -2.19. The van der Waals surface area contributed by atoms with E-state index in [1.807, 2.05) is 16.5 Å². The van der Waals surface area contributed by atoms with Gasteiger partial charge in [-0.2, -0.15) is 0 Å². The van der Waals surface area contributed by atoms with E-state index in [1.54, 1.807) is 6.20 Å². The van der Waals surface area contributed by atoms with Crippen molar-refractivity contribution in [3.8, 4) is 0 Å². The first-order chi connectivity index (χ1) is 7.48. The maximum absolute atomic E-state index is 11.6. The molecule has 4 nitrogen and oxygen atoms in total. The first kappa shape index (κ1) is 9.39. The summed E-state index contributed by atoms with van der Waals surface area (Å²) in [6.45, 7) is 6.43. The van der Waals surface area contributed by atoms with Crippen LogP contribution >= 0.6 is 0 Å². The fraction of sp³-hybridized carbons (Fsp3) is 0.333. The zero-order valence-corrected chi connectivity index (χ0v) is 9.53. The molecule has 3 rings (SSSR count). The van der Waals surface area contributed by atoms with Crippen LogP contribution in [0.15, 0.2) is 23.1 Å². The van der Waals surface area contributed by atoms with Gasteiger partial charge in [-0.1, -0.05) is 26.8 Å². The minimum atomic E-state index is -0.0754. The number of aromatic nitrogens is 3. The lowest BCUT2D eigenvalue weighted by molar-refractivity contribution is 0.592. The van der Waals surface area contributed by atoms with Crippen LogP contribution in [-0.2, 0) is 5.41 Å². The van der Waals surface area contributed by atoms with Crippen molar-refractivity contribution < 1.29 is 0 Å². The number of rotatable bonds is 0. The normalized spacial score (nSPS) is 12.9. The molecule has 0 aliphatic carbocycles. The number of aromatic amines is 1. The lowest BCUT2D eigenvalue weighted by Crippen LogP contribution is -2.13. The fourth-order valence-electron chi connectivity index (χ4n) is 2.12. The van der Waals surface area contributed by atoms with E-state index in [2.05, 4.69) is 30.7 Å². The van der Waals surface area contributed by atoms with Gasteiger partial charge in [0.05, 0.1) is 6.20 Å². The SMILES string of the molecule is CC(C)(C)c1ccc2[nH]c(=O)c3cnc1n23. The van der Waals surface area contributed by atoms with Gasteiger partial charge in [0, 0.05) is 5.56 Å². The third-order valence-electron chi connectivity index (χ3n) is 2.93. The summed E-state index contributed by atoms with van der Waals surface area (Å²) < 4.78 is 1.89. The van der Waals surface area contributed by atoms with Gasteiger partial charge in [0.2, 0.25) is 0 Å². The third kappa shape index (κ3) is 1.04. The highest BCUT2D eigenvalue weighted by molar-refractivity contribution is 5.69. The van der Waals surface area contributed by atoms with Crippen molar-refractivity contribution >= 4 is 16.8 Å². The number of imidazole rings is 2. The molecule has 0 saturated heterocycles. The fourth-order valence-corrected chi connectivity index (χ4v) is 2.12. The minimum Gasteiger partial charge on any atom is -0.306 e. The molecule has 0 spiro atoms. The zero-order chi connectivity index (χ0) is 11.5. The summed E-state index contributed by atoms with van der Waals surface area (Å²) in [6.07, 6.45) is 1.64. The summed E-state index contributed by atoms with van der Waals surface area (Å²) in [7, 11) is 0. The van der Waals surface area contributed by atoms with E-state index in [0.717, 1.165) is 16.9 Å². The molecule has 3 aromatic heterocycles. The number of hydrogen-bond acceptors (Lipinski definition) is 2. The maximum Gasteiger partial charge on any atom is 0.275 e. The molecule has 3 heterocycles. The van der Waals surface area contributed by atoms with Crippen LogP contribution in [0, 0.1) is 0 Å². The first-order valence-corrected chi connectivity index (χ1v) is 5.31. The number of hydrogen-bond donors (Lipinski definition) is 1. The van der Waals surface area contributed by atoms with Gasteiger partial charge in [0.25, 0.3) is 5.56 Å². The van der Waals surface area contributed by atoms with Crippen LogP contribution in [0.25, 0.3) is 16.8 Å². The van der Waals surface area contributed by atoms with E-state index in [1.165, 1.54) is 0 Å². The largest absolute Gasteiger partial charge is 0.306 e. The Balaban J connectivity index is 2.55. The Kier molecular flexibility index (Phi) is 1.55. The Labute approximate surface area is 92.3 Å². The van der Waals surface area contributed by atoms with Gasteiger partial charge in [0.15, 0.2) is 0 Å². The van der Waals surface area contributed by atoms with Crippen LogP contribution < -0.4 is 5.56 Å². The van der Waals surface area contributed by atoms with Crippen molar-refractivity contribution in [2.24, 2.45) is 0 Å². The smallest absolute Gasteiger partial charge is 0.275 e. The molecular formula is C12H13N3O. The molecule has 82 valence electrons. The second-order valence-electron chi connectivity index (χ2n) is 5.14. The van der Waals surface area contributed by atoms with Crippen molar-refractivity contribution in [2.75, 3.05) is 0 Å². The van der Waals surface area contributed by atoms with Gasteiger partial charge in [-0.3, -0.25) is 9.20 Å². The van der Waals surface area contributed by atoms with Crippen molar-refractivity contribution in [3.63, 3.8) is 0 Å². The average molecular weight is 215 g/mol. The first-order valence-electron chi connectivity index (χ1n) is 5.31. The van der Waals surface area contributed by atoms with Gasteiger partial charge in [0.1, 0.15) is 16.8 Å². The summed E-state index contributed by atoms with van der Waals surface area (Å²) in [5.74, 6) is 0. The van der Waals surface area contributed by atoms with Crippen LogP contribution in [0.3, 0.4) is 0 Å². The quantitative estimate of drug-likeness (QED) is 0.622. The Morgan fingerprint density at radius 2 is 2.06 bits per heavy atom. The molecule has 0 aliphatic heterocycles. The summed E-state index contributed by atoms with van der Waals surface area (Å²) in [5.41, 5.74) is 3.40. The number of H-pyrrole nitrogens is 1. The van der Waals surface area contributed by atoms with Gasteiger partial charge < -0.3 is 4.98 Å². The third-order valence-corrected chi connectivity index (χ3v) is 2.93. The molecular weight excluding hydrogens is 202 g/mol. The monoisotopic (exact) mass is 215 g/mol. The van der Waals surface area contributed by atoms with Crippen LogP contribution in [-0.4, -0.2) is 14.4 Å². The Morgan fingerprint density at radius 3 is 2.75 bits per heavy atom. The molecule has 0 radical (unpaired) electrons. The van der Waals surface area contributed by atoms with Gasteiger partial charge >= 0.3 is 0 Å².